The first-order valence-corrected chi connectivity index (χ1v) is 9.94. The summed E-state index contributed by atoms with van der Waals surface area (Å²) in [6.07, 6.45) is 0.781. The molecule has 3 aromatic rings. The highest BCUT2D eigenvalue weighted by atomic mass is 16.2. The number of benzene rings is 3. The molecule has 3 aromatic carbocycles. The highest BCUT2D eigenvalue weighted by Gasteiger charge is 2.11. The van der Waals surface area contributed by atoms with E-state index in [9.17, 15) is 9.59 Å². The van der Waals surface area contributed by atoms with Crippen molar-refractivity contribution >= 4 is 23.2 Å². The topological polar surface area (TPSA) is 58.2 Å². The minimum Gasteiger partial charge on any atom is -0.326 e. The molecule has 0 radical (unpaired) electrons. The summed E-state index contributed by atoms with van der Waals surface area (Å²) < 4.78 is 0. The summed E-state index contributed by atoms with van der Waals surface area (Å²) in [5.74, 6) is 5.94. The second-order valence-electron chi connectivity index (χ2n) is 7.02. The fourth-order valence-corrected chi connectivity index (χ4v) is 2.66. The largest absolute Gasteiger partial charge is 0.326 e. The lowest BCUT2D eigenvalue weighted by molar-refractivity contribution is -0.119. The van der Waals surface area contributed by atoms with Gasteiger partial charge in [-0.05, 0) is 67.1 Å². The van der Waals surface area contributed by atoms with Gasteiger partial charge in [-0.1, -0.05) is 43.9 Å². The normalized spacial score (nSPS) is 11.0. The van der Waals surface area contributed by atoms with Crippen LogP contribution >= 0.6 is 0 Å². The van der Waals surface area contributed by atoms with Crippen molar-refractivity contribution in [1.82, 2.24) is 0 Å². The quantitative estimate of drug-likeness (QED) is 0.573. The van der Waals surface area contributed by atoms with Gasteiger partial charge in [0.2, 0.25) is 5.91 Å². The van der Waals surface area contributed by atoms with E-state index in [-0.39, 0.29) is 17.7 Å². The van der Waals surface area contributed by atoms with E-state index in [1.165, 1.54) is 0 Å². The summed E-state index contributed by atoms with van der Waals surface area (Å²) in [5.41, 5.74) is 3.72. The van der Waals surface area contributed by atoms with Crippen LogP contribution in [0.5, 0.6) is 0 Å². The molecule has 0 saturated carbocycles. The Labute approximate surface area is 177 Å². The maximum atomic E-state index is 12.5. The summed E-state index contributed by atoms with van der Waals surface area (Å²) in [7, 11) is 0. The van der Waals surface area contributed by atoms with Crippen molar-refractivity contribution in [3.63, 3.8) is 0 Å². The average molecular weight is 396 g/mol. The third-order valence-corrected chi connectivity index (χ3v) is 4.74. The van der Waals surface area contributed by atoms with Crippen molar-refractivity contribution in [2.24, 2.45) is 5.92 Å². The summed E-state index contributed by atoms with van der Waals surface area (Å²) >= 11 is 0. The molecule has 0 aliphatic carbocycles. The molecular weight excluding hydrogens is 372 g/mol. The summed E-state index contributed by atoms with van der Waals surface area (Å²) in [6, 6.07) is 24.0. The molecule has 2 amide bonds. The van der Waals surface area contributed by atoms with Crippen LogP contribution in [0.4, 0.5) is 11.4 Å². The van der Waals surface area contributed by atoms with Crippen molar-refractivity contribution in [2.45, 2.75) is 20.3 Å². The van der Waals surface area contributed by atoms with E-state index in [4.69, 9.17) is 0 Å². The Balaban J connectivity index is 1.59. The molecule has 0 fully saturated rings. The van der Waals surface area contributed by atoms with Gasteiger partial charge in [0.15, 0.2) is 0 Å². The van der Waals surface area contributed by atoms with E-state index in [2.05, 4.69) is 22.5 Å². The molecule has 0 saturated heterocycles. The lowest BCUT2D eigenvalue weighted by Gasteiger charge is -2.10. The van der Waals surface area contributed by atoms with Crippen molar-refractivity contribution in [2.75, 3.05) is 10.6 Å². The van der Waals surface area contributed by atoms with Gasteiger partial charge in [-0.2, -0.15) is 0 Å². The second kappa shape index (κ2) is 10.1. The Bertz CT molecular complexity index is 1060. The molecule has 0 aliphatic rings. The van der Waals surface area contributed by atoms with Crippen molar-refractivity contribution in [3.8, 4) is 11.8 Å². The molecule has 4 nitrogen and oxygen atoms in total. The van der Waals surface area contributed by atoms with E-state index >= 15 is 0 Å². The molecule has 1 atom stereocenters. The molecule has 4 heteroatoms. The maximum absolute atomic E-state index is 12.5. The van der Waals surface area contributed by atoms with Crippen molar-refractivity contribution in [3.05, 3.63) is 95.6 Å². The lowest BCUT2D eigenvalue weighted by Crippen LogP contribution is -2.19. The Morgan fingerprint density at radius 3 is 1.90 bits per heavy atom. The number of nitrogens with one attached hydrogen (secondary N) is 2. The first-order valence-electron chi connectivity index (χ1n) is 9.94. The first-order chi connectivity index (χ1) is 14.5. The van der Waals surface area contributed by atoms with Gasteiger partial charge in [-0.15, -0.1) is 0 Å². The zero-order chi connectivity index (χ0) is 21.3. The van der Waals surface area contributed by atoms with Crippen LogP contribution in [0, 0.1) is 17.8 Å². The van der Waals surface area contributed by atoms with Gasteiger partial charge in [-0.25, -0.2) is 0 Å². The van der Waals surface area contributed by atoms with Crippen LogP contribution in [0.25, 0.3) is 0 Å². The van der Waals surface area contributed by atoms with Crippen LogP contribution in [0.1, 0.15) is 41.8 Å². The predicted molar refractivity (Wildman–Crippen MR) is 121 cm³/mol. The van der Waals surface area contributed by atoms with Crippen LogP contribution in [0.3, 0.4) is 0 Å². The monoisotopic (exact) mass is 396 g/mol. The van der Waals surface area contributed by atoms with Crippen LogP contribution in [-0.4, -0.2) is 11.8 Å². The van der Waals surface area contributed by atoms with Gasteiger partial charge >= 0.3 is 0 Å². The summed E-state index contributed by atoms with van der Waals surface area (Å²) in [6.45, 7) is 3.86. The van der Waals surface area contributed by atoms with Gasteiger partial charge in [0.1, 0.15) is 0 Å². The highest BCUT2D eigenvalue weighted by Crippen LogP contribution is 2.15. The molecule has 0 aromatic heterocycles. The van der Waals surface area contributed by atoms with Gasteiger partial charge in [-0.3, -0.25) is 9.59 Å². The highest BCUT2D eigenvalue weighted by molar-refractivity contribution is 6.04. The summed E-state index contributed by atoms with van der Waals surface area (Å²) in [5, 5.41) is 5.73. The molecule has 3 rings (SSSR count). The minimum atomic E-state index is -0.210. The number of carbonyl (C=O) groups is 2. The Kier molecular flexibility index (Phi) is 7.02. The fourth-order valence-electron chi connectivity index (χ4n) is 2.66. The van der Waals surface area contributed by atoms with Crippen LogP contribution in [-0.2, 0) is 4.79 Å². The molecule has 30 heavy (non-hydrogen) atoms. The van der Waals surface area contributed by atoms with E-state index in [1.54, 1.807) is 24.3 Å². The number of hydrogen-bond acceptors (Lipinski definition) is 2. The molecular formula is C26H24N2O2. The molecule has 0 spiro atoms. The van der Waals surface area contributed by atoms with Gasteiger partial charge in [0, 0.05) is 34.0 Å². The maximum Gasteiger partial charge on any atom is 0.255 e. The van der Waals surface area contributed by atoms with E-state index < -0.39 is 0 Å². The SMILES string of the molecule is CCC(C)C(=O)Nc1ccc(C(=O)Nc2ccc(C#Cc3ccccc3)cc2)cc1. The Hall–Kier alpha value is -3.84. The van der Waals surface area contributed by atoms with Crippen LogP contribution in [0.15, 0.2) is 78.9 Å². The molecule has 2 N–H and O–H groups in total. The van der Waals surface area contributed by atoms with E-state index in [1.807, 2.05) is 68.4 Å². The van der Waals surface area contributed by atoms with Crippen molar-refractivity contribution < 1.29 is 9.59 Å². The van der Waals surface area contributed by atoms with Crippen LogP contribution < -0.4 is 10.6 Å². The van der Waals surface area contributed by atoms with Crippen molar-refractivity contribution in [1.29, 1.82) is 0 Å². The second-order valence-corrected chi connectivity index (χ2v) is 7.02. The third kappa shape index (κ3) is 5.83. The smallest absolute Gasteiger partial charge is 0.255 e. The number of amides is 2. The molecule has 0 heterocycles. The molecule has 0 bridgehead atoms. The third-order valence-electron chi connectivity index (χ3n) is 4.74. The molecule has 1 unspecified atom stereocenters. The zero-order valence-electron chi connectivity index (χ0n) is 17.1. The van der Waals surface area contributed by atoms with Gasteiger partial charge in [0.25, 0.3) is 5.91 Å². The van der Waals surface area contributed by atoms with Crippen LogP contribution in [0.2, 0.25) is 0 Å². The Morgan fingerprint density at radius 1 is 0.767 bits per heavy atom. The summed E-state index contributed by atoms with van der Waals surface area (Å²) in [4.78, 5) is 24.4. The fraction of sp³-hybridized carbons (Fsp3) is 0.154. The predicted octanol–water partition coefficient (Wildman–Crippen LogP) is 5.32. The number of rotatable bonds is 5. The number of hydrogen-bond donors (Lipinski definition) is 2. The number of anilines is 2. The average Bonchev–Trinajstić information content (AvgIpc) is 2.79. The lowest BCUT2D eigenvalue weighted by atomic mass is 10.1. The zero-order valence-corrected chi connectivity index (χ0v) is 17.1. The standard InChI is InChI=1S/C26H24N2O2/c1-3-19(2)25(29)27-24-17-13-22(14-18-24)26(30)28-23-15-11-21(12-16-23)10-9-20-7-5-4-6-8-20/h4-8,11-19H,3H2,1-2H3,(H,27,29)(H,28,30). The van der Waals surface area contributed by atoms with Gasteiger partial charge in [0.05, 0.1) is 0 Å². The molecule has 0 aliphatic heterocycles. The molecule has 150 valence electrons. The number of carbonyl (C=O) groups excluding carboxylic acids is 2. The van der Waals surface area contributed by atoms with E-state index in [0.29, 0.717) is 16.9 Å². The minimum absolute atomic E-state index is 0.0230. The van der Waals surface area contributed by atoms with E-state index in [0.717, 1.165) is 17.5 Å². The van der Waals surface area contributed by atoms with Gasteiger partial charge < -0.3 is 10.6 Å². The Morgan fingerprint density at radius 2 is 1.30 bits per heavy atom. The first kappa shape index (κ1) is 20.9.